The minimum Gasteiger partial charge on any atom is -0.454 e. The zero-order valence-corrected chi connectivity index (χ0v) is 19.5. The molecule has 32 heavy (non-hydrogen) atoms. The average molecular weight is 437 g/mol. The third kappa shape index (κ3) is 5.36. The number of hydrogen-bond donors (Lipinski definition) is 1. The minimum atomic E-state index is -0.844. The van der Waals surface area contributed by atoms with Crippen LogP contribution < -0.4 is 10.2 Å². The smallest absolute Gasteiger partial charge is 0.329 e. The monoisotopic (exact) mass is 436 g/mol. The van der Waals surface area contributed by atoms with Crippen molar-refractivity contribution in [2.45, 2.75) is 52.5 Å². The van der Waals surface area contributed by atoms with Crippen LogP contribution in [0.25, 0.3) is 0 Å². The average Bonchev–Trinajstić information content (AvgIpc) is 3.19. The predicted octanol–water partition coefficient (Wildman–Crippen LogP) is 3.87. The number of nitrogens with one attached hydrogen (secondary N) is 1. The molecule has 0 unspecified atom stereocenters. The largest absolute Gasteiger partial charge is 0.454 e. The molecule has 0 bridgehead atoms. The summed E-state index contributed by atoms with van der Waals surface area (Å²) in [5.41, 5.74) is 3.55. The molecule has 6 nitrogen and oxygen atoms in total. The van der Waals surface area contributed by atoms with Crippen molar-refractivity contribution in [1.29, 1.82) is 0 Å². The Morgan fingerprint density at radius 2 is 1.69 bits per heavy atom. The highest BCUT2D eigenvalue weighted by atomic mass is 16.5. The van der Waals surface area contributed by atoms with Gasteiger partial charge in [0.25, 0.3) is 11.8 Å². The second kappa shape index (κ2) is 9.55. The molecule has 2 amide bonds. The first-order chi connectivity index (χ1) is 15.1. The molecule has 170 valence electrons. The van der Waals surface area contributed by atoms with Gasteiger partial charge in [0.05, 0.1) is 0 Å². The van der Waals surface area contributed by atoms with Crippen molar-refractivity contribution < 1.29 is 19.1 Å². The second-order valence-corrected chi connectivity index (χ2v) is 9.55. The SMILES string of the molecule is CC(C)[C@H](NC(=O)c1ccc(C(C)(C)C)cc1)C(=O)OCC(=O)N1CCc2ccccc21. The molecule has 1 atom stereocenters. The number of para-hydroxylation sites is 1. The Bertz CT molecular complexity index is 990. The second-order valence-electron chi connectivity index (χ2n) is 9.55. The van der Waals surface area contributed by atoms with Crippen molar-refractivity contribution in [1.82, 2.24) is 5.32 Å². The van der Waals surface area contributed by atoms with Crippen molar-refractivity contribution in [3.05, 3.63) is 65.2 Å². The molecule has 1 heterocycles. The summed E-state index contributed by atoms with van der Waals surface area (Å²) in [6, 6.07) is 14.2. The van der Waals surface area contributed by atoms with E-state index in [0.29, 0.717) is 12.1 Å². The normalized spacial score (nSPS) is 14.1. The van der Waals surface area contributed by atoms with Crippen molar-refractivity contribution >= 4 is 23.5 Å². The Balaban J connectivity index is 1.60. The summed E-state index contributed by atoms with van der Waals surface area (Å²) in [4.78, 5) is 39.7. The number of ether oxygens (including phenoxy) is 1. The van der Waals surface area contributed by atoms with Crippen LogP contribution in [-0.2, 0) is 26.2 Å². The maximum Gasteiger partial charge on any atom is 0.329 e. The molecule has 0 aromatic heterocycles. The van der Waals surface area contributed by atoms with E-state index in [4.69, 9.17) is 4.74 Å². The molecular weight excluding hydrogens is 404 g/mol. The number of carbonyl (C=O) groups excluding carboxylic acids is 3. The third-order valence-corrected chi connectivity index (χ3v) is 5.75. The number of nitrogens with zero attached hydrogens (tertiary/aromatic N) is 1. The van der Waals surface area contributed by atoms with Crippen LogP contribution in [0.1, 0.15) is 56.1 Å². The first kappa shape index (κ1) is 23.5. The maximum absolute atomic E-state index is 12.7. The lowest BCUT2D eigenvalue weighted by Crippen LogP contribution is -2.46. The van der Waals surface area contributed by atoms with Crippen LogP contribution in [0, 0.1) is 5.92 Å². The molecule has 1 aliphatic rings. The number of fused-ring (bicyclic) bond motifs is 1. The number of amides is 2. The number of anilines is 1. The summed E-state index contributed by atoms with van der Waals surface area (Å²) in [6.45, 7) is 10.2. The lowest BCUT2D eigenvalue weighted by molar-refractivity contribution is -0.150. The topological polar surface area (TPSA) is 75.7 Å². The van der Waals surface area contributed by atoms with Gasteiger partial charge >= 0.3 is 5.97 Å². The van der Waals surface area contributed by atoms with Crippen LogP contribution in [0.5, 0.6) is 0 Å². The zero-order chi connectivity index (χ0) is 23.5. The van der Waals surface area contributed by atoms with Gasteiger partial charge in [0.15, 0.2) is 6.61 Å². The van der Waals surface area contributed by atoms with E-state index < -0.39 is 12.0 Å². The van der Waals surface area contributed by atoms with E-state index in [1.807, 2.05) is 50.2 Å². The third-order valence-electron chi connectivity index (χ3n) is 5.75. The zero-order valence-electron chi connectivity index (χ0n) is 19.5. The Morgan fingerprint density at radius 3 is 2.31 bits per heavy atom. The maximum atomic E-state index is 12.7. The van der Waals surface area contributed by atoms with E-state index >= 15 is 0 Å². The highest BCUT2D eigenvalue weighted by Crippen LogP contribution is 2.27. The number of hydrogen-bond acceptors (Lipinski definition) is 4. The van der Waals surface area contributed by atoms with E-state index in [0.717, 1.165) is 23.2 Å². The molecule has 0 aliphatic carbocycles. The van der Waals surface area contributed by atoms with Gasteiger partial charge in [-0.3, -0.25) is 9.59 Å². The summed E-state index contributed by atoms with van der Waals surface area (Å²) in [5, 5.41) is 2.76. The lowest BCUT2D eigenvalue weighted by Gasteiger charge is -2.23. The summed E-state index contributed by atoms with van der Waals surface area (Å²) < 4.78 is 5.31. The van der Waals surface area contributed by atoms with Crippen LogP contribution in [0.3, 0.4) is 0 Å². The molecule has 0 spiro atoms. The quantitative estimate of drug-likeness (QED) is 0.698. The van der Waals surface area contributed by atoms with Crippen molar-refractivity contribution in [3.8, 4) is 0 Å². The number of carbonyl (C=O) groups is 3. The molecule has 0 saturated heterocycles. The lowest BCUT2D eigenvalue weighted by atomic mass is 9.86. The fraction of sp³-hybridized carbons (Fsp3) is 0.423. The summed E-state index contributed by atoms with van der Waals surface area (Å²) in [5.74, 6) is -1.42. The Labute approximate surface area is 189 Å². The van der Waals surface area contributed by atoms with Crippen LogP contribution >= 0.6 is 0 Å². The van der Waals surface area contributed by atoms with Crippen LogP contribution in [0.4, 0.5) is 5.69 Å². The molecule has 2 aromatic carbocycles. The molecule has 1 aliphatic heterocycles. The van der Waals surface area contributed by atoms with E-state index in [1.165, 1.54) is 0 Å². The van der Waals surface area contributed by atoms with Gasteiger partial charge in [0.2, 0.25) is 0 Å². The van der Waals surface area contributed by atoms with Gasteiger partial charge in [-0.05, 0) is 47.1 Å². The fourth-order valence-electron chi connectivity index (χ4n) is 3.74. The Hall–Kier alpha value is -3.15. The van der Waals surface area contributed by atoms with Crippen molar-refractivity contribution in [3.63, 3.8) is 0 Å². The van der Waals surface area contributed by atoms with Crippen LogP contribution in [-0.4, -0.2) is 37.0 Å². The van der Waals surface area contributed by atoms with Crippen LogP contribution in [0.2, 0.25) is 0 Å². The number of rotatable bonds is 6. The highest BCUT2D eigenvalue weighted by molar-refractivity contribution is 5.99. The molecule has 3 rings (SSSR count). The molecule has 0 saturated carbocycles. The van der Waals surface area contributed by atoms with Gasteiger partial charge in [0.1, 0.15) is 6.04 Å². The van der Waals surface area contributed by atoms with Gasteiger partial charge in [-0.15, -0.1) is 0 Å². The summed E-state index contributed by atoms with van der Waals surface area (Å²) in [6.07, 6.45) is 0.786. The molecule has 1 N–H and O–H groups in total. The molecule has 6 heteroatoms. The van der Waals surface area contributed by atoms with Gasteiger partial charge in [0, 0.05) is 17.8 Å². The molecule has 0 radical (unpaired) electrons. The highest BCUT2D eigenvalue weighted by Gasteiger charge is 2.29. The first-order valence-electron chi connectivity index (χ1n) is 11.0. The minimum absolute atomic E-state index is 0.0122. The number of esters is 1. The van der Waals surface area contributed by atoms with E-state index in [-0.39, 0.29) is 29.8 Å². The summed E-state index contributed by atoms with van der Waals surface area (Å²) in [7, 11) is 0. The van der Waals surface area contributed by atoms with E-state index in [2.05, 4.69) is 26.1 Å². The van der Waals surface area contributed by atoms with E-state index in [1.54, 1.807) is 17.0 Å². The van der Waals surface area contributed by atoms with Gasteiger partial charge in [-0.1, -0.05) is 65.0 Å². The predicted molar refractivity (Wildman–Crippen MR) is 125 cm³/mol. The van der Waals surface area contributed by atoms with E-state index in [9.17, 15) is 14.4 Å². The molecule has 2 aromatic rings. The van der Waals surface area contributed by atoms with Gasteiger partial charge < -0.3 is 15.0 Å². The first-order valence-corrected chi connectivity index (χ1v) is 11.0. The van der Waals surface area contributed by atoms with Gasteiger partial charge in [-0.25, -0.2) is 4.79 Å². The van der Waals surface area contributed by atoms with Gasteiger partial charge in [-0.2, -0.15) is 0 Å². The summed E-state index contributed by atoms with van der Waals surface area (Å²) >= 11 is 0. The standard InChI is InChI=1S/C26H32N2O4/c1-17(2)23(27-24(30)19-10-12-20(13-11-19)26(3,4)5)25(31)32-16-22(29)28-15-14-18-8-6-7-9-21(18)28/h6-13,17,23H,14-16H2,1-5H3,(H,27,30)/t23-/m0/s1. The Kier molecular flexibility index (Phi) is 7.02. The molecule has 0 fully saturated rings. The number of benzene rings is 2. The van der Waals surface area contributed by atoms with Crippen molar-refractivity contribution in [2.24, 2.45) is 5.92 Å². The van der Waals surface area contributed by atoms with Crippen LogP contribution in [0.15, 0.2) is 48.5 Å². The molecular formula is C26H32N2O4. The van der Waals surface area contributed by atoms with Crippen molar-refractivity contribution in [2.75, 3.05) is 18.1 Å². The Morgan fingerprint density at radius 1 is 1.03 bits per heavy atom. The fourth-order valence-corrected chi connectivity index (χ4v) is 3.74.